The van der Waals surface area contributed by atoms with Crippen molar-refractivity contribution in [2.24, 2.45) is 0 Å². The zero-order chi connectivity index (χ0) is 12.1. The fourth-order valence-corrected chi connectivity index (χ4v) is 1.92. The van der Waals surface area contributed by atoms with Crippen LogP contribution in [0.4, 0.5) is 0 Å². The van der Waals surface area contributed by atoms with Gasteiger partial charge in [-0.05, 0) is 12.1 Å². The second kappa shape index (κ2) is 6.00. The van der Waals surface area contributed by atoms with Gasteiger partial charge in [-0.15, -0.1) is 0 Å². The lowest BCUT2D eigenvalue weighted by molar-refractivity contribution is 0.0458. The number of carbonyl (C=O) groups is 1. The summed E-state index contributed by atoms with van der Waals surface area (Å²) < 4.78 is 5.22. The smallest absolute Gasteiger partial charge is 0.339 e. The van der Waals surface area contributed by atoms with Crippen LogP contribution in [0.25, 0.3) is 0 Å². The molecule has 2 rings (SSSR count). The lowest BCUT2D eigenvalue weighted by Gasteiger charge is -2.24. The molecular weight excluding hydrogens is 240 g/mol. The van der Waals surface area contributed by atoms with Crippen LogP contribution < -0.4 is 10.6 Å². The molecule has 0 saturated carbocycles. The Morgan fingerprint density at radius 2 is 2.24 bits per heavy atom. The molecule has 0 radical (unpaired) electrons. The third kappa shape index (κ3) is 3.43. The van der Waals surface area contributed by atoms with Crippen molar-refractivity contribution in [3.8, 4) is 0 Å². The zero-order valence-corrected chi connectivity index (χ0v) is 10.2. The van der Waals surface area contributed by atoms with Gasteiger partial charge in [0.15, 0.2) is 0 Å². The number of esters is 1. The lowest BCUT2D eigenvalue weighted by atomic mass is 10.2. The van der Waals surface area contributed by atoms with Crippen molar-refractivity contribution in [3.05, 3.63) is 34.9 Å². The van der Waals surface area contributed by atoms with Crippen LogP contribution in [0.5, 0.6) is 0 Å². The van der Waals surface area contributed by atoms with Crippen molar-refractivity contribution in [2.45, 2.75) is 6.04 Å². The Balaban J connectivity index is 1.87. The summed E-state index contributed by atoms with van der Waals surface area (Å²) in [6.45, 7) is 3.02. The highest BCUT2D eigenvalue weighted by atomic mass is 35.5. The van der Waals surface area contributed by atoms with Gasteiger partial charge in [0.25, 0.3) is 0 Å². The van der Waals surface area contributed by atoms with Gasteiger partial charge in [-0.1, -0.05) is 23.7 Å². The highest BCUT2D eigenvalue weighted by Gasteiger charge is 2.16. The molecule has 1 fully saturated rings. The van der Waals surface area contributed by atoms with E-state index < -0.39 is 0 Å². The molecule has 1 aliphatic heterocycles. The van der Waals surface area contributed by atoms with Crippen molar-refractivity contribution in [3.63, 3.8) is 0 Å². The summed E-state index contributed by atoms with van der Waals surface area (Å²) in [6, 6.07) is 7.07. The summed E-state index contributed by atoms with van der Waals surface area (Å²) in [6.07, 6.45) is 0. The van der Waals surface area contributed by atoms with Crippen LogP contribution in [0.15, 0.2) is 24.3 Å². The molecule has 1 saturated heterocycles. The average Bonchev–Trinajstić information content (AvgIpc) is 2.38. The van der Waals surface area contributed by atoms with Gasteiger partial charge in [0.1, 0.15) is 6.61 Å². The van der Waals surface area contributed by atoms with Gasteiger partial charge in [0.05, 0.1) is 16.6 Å². The van der Waals surface area contributed by atoms with E-state index in [0.29, 0.717) is 17.2 Å². The molecule has 1 aromatic carbocycles. The number of ether oxygens (including phenoxy) is 1. The molecule has 0 aromatic heterocycles. The Bertz CT molecular complexity index is 392. The number of rotatable bonds is 3. The van der Waals surface area contributed by atoms with Crippen LogP contribution in [-0.4, -0.2) is 38.3 Å². The van der Waals surface area contributed by atoms with Gasteiger partial charge in [0, 0.05) is 19.6 Å². The number of nitrogens with one attached hydrogen (secondary N) is 2. The van der Waals surface area contributed by atoms with Gasteiger partial charge in [0.2, 0.25) is 0 Å². The standard InChI is InChI=1S/C12H15ClN2O2/c13-11-4-2-1-3-10(11)12(16)17-8-9-7-14-5-6-15-9/h1-4,9,14-15H,5-8H2. The molecule has 4 nitrogen and oxygen atoms in total. The Kier molecular flexibility index (Phi) is 4.36. The van der Waals surface area contributed by atoms with E-state index in [0.717, 1.165) is 19.6 Å². The van der Waals surface area contributed by atoms with Gasteiger partial charge in [-0.3, -0.25) is 0 Å². The average molecular weight is 255 g/mol. The molecule has 2 N–H and O–H groups in total. The predicted molar refractivity (Wildman–Crippen MR) is 66.4 cm³/mol. The van der Waals surface area contributed by atoms with Crippen LogP contribution in [0.1, 0.15) is 10.4 Å². The van der Waals surface area contributed by atoms with Crippen molar-refractivity contribution >= 4 is 17.6 Å². The number of carbonyl (C=O) groups excluding carboxylic acids is 1. The van der Waals surface area contributed by atoms with Gasteiger partial charge in [-0.2, -0.15) is 0 Å². The Morgan fingerprint density at radius 3 is 2.94 bits per heavy atom. The van der Waals surface area contributed by atoms with E-state index >= 15 is 0 Å². The maximum absolute atomic E-state index is 11.8. The summed E-state index contributed by atoms with van der Waals surface area (Å²) in [5.41, 5.74) is 0.415. The maximum Gasteiger partial charge on any atom is 0.339 e. The van der Waals surface area contributed by atoms with Crippen LogP contribution in [0.3, 0.4) is 0 Å². The van der Waals surface area contributed by atoms with Crippen LogP contribution in [-0.2, 0) is 4.74 Å². The molecule has 1 aliphatic rings. The summed E-state index contributed by atoms with van der Waals surface area (Å²) >= 11 is 5.91. The number of benzene rings is 1. The Hall–Kier alpha value is -1.10. The summed E-state index contributed by atoms with van der Waals surface area (Å²) in [7, 11) is 0. The molecule has 1 aromatic rings. The van der Waals surface area contributed by atoms with Crippen molar-refractivity contribution < 1.29 is 9.53 Å². The fourth-order valence-electron chi connectivity index (χ4n) is 1.71. The van der Waals surface area contributed by atoms with Crippen molar-refractivity contribution in [1.29, 1.82) is 0 Å². The molecule has 0 amide bonds. The van der Waals surface area contributed by atoms with Gasteiger partial charge < -0.3 is 15.4 Å². The normalized spacial score (nSPS) is 19.9. The first-order valence-corrected chi connectivity index (χ1v) is 6.01. The molecule has 1 unspecified atom stereocenters. The van der Waals surface area contributed by atoms with E-state index in [4.69, 9.17) is 16.3 Å². The van der Waals surface area contributed by atoms with Gasteiger partial charge >= 0.3 is 5.97 Å². The van der Waals surface area contributed by atoms with Crippen LogP contribution in [0.2, 0.25) is 5.02 Å². The second-order valence-electron chi connectivity index (χ2n) is 3.93. The highest BCUT2D eigenvalue weighted by molar-refractivity contribution is 6.33. The zero-order valence-electron chi connectivity index (χ0n) is 9.41. The molecule has 0 spiro atoms. The van der Waals surface area contributed by atoms with E-state index in [9.17, 15) is 4.79 Å². The monoisotopic (exact) mass is 254 g/mol. The van der Waals surface area contributed by atoms with E-state index in [1.54, 1.807) is 24.3 Å². The van der Waals surface area contributed by atoms with E-state index in [-0.39, 0.29) is 12.0 Å². The summed E-state index contributed by atoms with van der Waals surface area (Å²) in [5.74, 6) is -0.372. The Labute approximate surface area is 105 Å². The quantitative estimate of drug-likeness (QED) is 0.792. The summed E-state index contributed by atoms with van der Waals surface area (Å²) in [4.78, 5) is 11.8. The minimum absolute atomic E-state index is 0.176. The third-order valence-corrected chi connectivity index (χ3v) is 2.96. The largest absolute Gasteiger partial charge is 0.460 e. The highest BCUT2D eigenvalue weighted by Crippen LogP contribution is 2.15. The van der Waals surface area contributed by atoms with E-state index in [2.05, 4.69) is 10.6 Å². The Morgan fingerprint density at radius 1 is 1.41 bits per heavy atom. The number of hydrogen-bond donors (Lipinski definition) is 2. The fraction of sp³-hybridized carbons (Fsp3) is 0.417. The molecule has 17 heavy (non-hydrogen) atoms. The molecule has 1 heterocycles. The third-order valence-electron chi connectivity index (χ3n) is 2.63. The van der Waals surface area contributed by atoms with Crippen molar-refractivity contribution in [2.75, 3.05) is 26.2 Å². The predicted octanol–water partition coefficient (Wildman–Crippen LogP) is 1.06. The maximum atomic E-state index is 11.8. The molecule has 5 heteroatoms. The number of hydrogen-bond acceptors (Lipinski definition) is 4. The first-order valence-electron chi connectivity index (χ1n) is 5.63. The molecule has 0 bridgehead atoms. The van der Waals surface area contributed by atoms with E-state index in [1.165, 1.54) is 0 Å². The van der Waals surface area contributed by atoms with Crippen molar-refractivity contribution in [1.82, 2.24) is 10.6 Å². The lowest BCUT2D eigenvalue weighted by Crippen LogP contribution is -2.50. The molecule has 0 aliphatic carbocycles. The van der Waals surface area contributed by atoms with Crippen LogP contribution >= 0.6 is 11.6 Å². The number of halogens is 1. The van der Waals surface area contributed by atoms with E-state index in [1.807, 2.05) is 0 Å². The first-order chi connectivity index (χ1) is 8.27. The summed E-state index contributed by atoms with van der Waals surface area (Å²) in [5, 5.41) is 6.92. The minimum atomic E-state index is -0.372. The molecule has 92 valence electrons. The number of piperazine rings is 1. The SMILES string of the molecule is O=C(OCC1CNCCN1)c1ccccc1Cl. The minimum Gasteiger partial charge on any atom is -0.460 e. The second-order valence-corrected chi connectivity index (χ2v) is 4.34. The van der Waals surface area contributed by atoms with Gasteiger partial charge in [-0.25, -0.2) is 4.79 Å². The molecular formula is C12H15ClN2O2. The topological polar surface area (TPSA) is 50.4 Å². The van der Waals surface area contributed by atoms with Crippen LogP contribution in [0, 0.1) is 0 Å². The first kappa shape index (κ1) is 12.4. The molecule has 1 atom stereocenters.